The summed E-state index contributed by atoms with van der Waals surface area (Å²) in [5.41, 5.74) is 5.28. The summed E-state index contributed by atoms with van der Waals surface area (Å²) in [6.45, 7) is 4.31. The van der Waals surface area contributed by atoms with E-state index >= 15 is 0 Å². The van der Waals surface area contributed by atoms with Gasteiger partial charge in [-0.1, -0.05) is 39.7 Å². The van der Waals surface area contributed by atoms with Crippen LogP contribution in [0.25, 0.3) is 0 Å². The fourth-order valence-corrected chi connectivity index (χ4v) is 3.39. The molecule has 0 aliphatic heterocycles. The molecule has 0 heterocycles. The largest absolute Gasteiger partial charge is 0.309 e. The third-order valence-corrected chi connectivity index (χ3v) is 4.77. The maximum absolute atomic E-state index is 3.57. The van der Waals surface area contributed by atoms with Crippen LogP contribution in [0.4, 0.5) is 0 Å². The van der Waals surface area contributed by atoms with Crippen molar-refractivity contribution in [1.82, 2.24) is 5.32 Å². The third-order valence-electron chi connectivity index (χ3n) is 3.29. The van der Waals surface area contributed by atoms with Gasteiger partial charge in [0.2, 0.25) is 0 Å². The van der Waals surface area contributed by atoms with Gasteiger partial charge in [-0.2, -0.15) is 0 Å². The lowest BCUT2D eigenvalue weighted by Crippen LogP contribution is -2.19. The molecule has 1 N–H and O–H groups in total. The molecule has 1 atom stereocenters. The maximum atomic E-state index is 3.57. The van der Waals surface area contributed by atoms with Crippen molar-refractivity contribution < 1.29 is 0 Å². The van der Waals surface area contributed by atoms with Crippen LogP contribution < -0.4 is 5.32 Å². The molecule has 0 amide bonds. The minimum Gasteiger partial charge on any atom is -0.309 e. The number of rotatable bonds is 3. The monoisotopic (exact) mass is 429 g/mol. The SMILES string of the molecule is CNC(c1ccc(C)cc1C)c1cc(Br)ccc1I. The van der Waals surface area contributed by atoms with Crippen molar-refractivity contribution in [3.8, 4) is 0 Å². The van der Waals surface area contributed by atoms with Crippen molar-refractivity contribution in [3.05, 3.63) is 66.7 Å². The van der Waals surface area contributed by atoms with Crippen LogP contribution in [0.1, 0.15) is 28.3 Å². The zero-order chi connectivity index (χ0) is 14.0. The summed E-state index contributed by atoms with van der Waals surface area (Å²) in [6, 6.07) is 13.3. The molecule has 19 heavy (non-hydrogen) atoms. The Hall–Kier alpha value is -0.390. The molecule has 0 saturated carbocycles. The lowest BCUT2D eigenvalue weighted by Gasteiger charge is -2.21. The molecular weight excluding hydrogens is 413 g/mol. The lowest BCUT2D eigenvalue weighted by atomic mass is 9.94. The van der Waals surface area contributed by atoms with Gasteiger partial charge in [-0.3, -0.25) is 0 Å². The van der Waals surface area contributed by atoms with E-state index in [4.69, 9.17) is 0 Å². The zero-order valence-electron chi connectivity index (χ0n) is 11.3. The van der Waals surface area contributed by atoms with Gasteiger partial charge in [-0.25, -0.2) is 0 Å². The van der Waals surface area contributed by atoms with Crippen LogP contribution >= 0.6 is 38.5 Å². The lowest BCUT2D eigenvalue weighted by molar-refractivity contribution is 0.684. The number of nitrogens with one attached hydrogen (secondary N) is 1. The highest BCUT2D eigenvalue weighted by Gasteiger charge is 2.17. The van der Waals surface area contributed by atoms with Gasteiger partial charge in [0.05, 0.1) is 6.04 Å². The van der Waals surface area contributed by atoms with Gasteiger partial charge in [0.25, 0.3) is 0 Å². The Morgan fingerprint density at radius 2 is 1.79 bits per heavy atom. The van der Waals surface area contributed by atoms with Gasteiger partial charge in [0.15, 0.2) is 0 Å². The van der Waals surface area contributed by atoms with Crippen LogP contribution in [0.5, 0.6) is 0 Å². The van der Waals surface area contributed by atoms with Gasteiger partial charge >= 0.3 is 0 Å². The standard InChI is InChI=1S/C16H17BrIN/c1-10-4-6-13(11(2)8-10)16(19-3)14-9-12(17)5-7-15(14)18/h4-9,16,19H,1-3H3. The molecule has 0 spiro atoms. The van der Waals surface area contributed by atoms with E-state index in [9.17, 15) is 0 Å². The molecule has 0 aliphatic rings. The Morgan fingerprint density at radius 1 is 1.05 bits per heavy atom. The summed E-state index contributed by atoms with van der Waals surface area (Å²) < 4.78 is 2.40. The molecule has 2 aromatic rings. The number of benzene rings is 2. The Labute approximate surface area is 137 Å². The maximum Gasteiger partial charge on any atom is 0.0587 e. The predicted molar refractivity (Wildman–Crippen MR) is 93.7 cm³/mol. The summed E-state index contributed by atoms with van der Waals surface area (Å²) >= 11 is 5.97. The van der Waals surface area contributed by atoms with Gasteiger partial charge in [-0.15, -0.1) is 0 Å². The van der Waals surface area contributed by atoms with Crippen molar-refractivity contribution in [2.45, 2.75) is 19.9 Å². The van der Waals surface area contributed by atoms with Crippen LogP contribution in [0.15, 0.2) is 40.9 Å². The zero-order valence-corrected chi connectivity index (χ0v) is 15.0. The van der Waals surface area contributed by atoms with E-state index in [1.54, 1.807) is 0 Å². The number of aryl methyl sites for hydroxylation is 2. The van der Waals surface area contributed by atoms with Gasteiger partial charge in [0, 0.05) is 8.04 Å². The minimum atomic E-state index is 0.227. The fourth-order valence-electron chi connectivity index (χ4n) is 2.36. The molecule has 3 heteroatoms. The minimum absolute atomic E-state index is 0.227. The molecule has 2 rings (SSSR count). The van der Waals surface area contributed by atoms with Crippen molar-refractivity contribution in [2.75, 3.05) is 7.05 Å². The molecule has 0 aromatic heterocycles. The second-order valence-corrected chi connectivity index (χ2v) is 6.83. The number of hydrogen-bond acceptors (Lipinski definition) is 1. The molecular formula is C16H17BrIN. The first-order chi connectivity index (χ1) is 9.02. The molecule has 100 valence electrons. The highest BCUT2D eigenvalue weighted by molar-refractivity contribution is 14.1. The van der Waals surface area contributed by atoms with Gasteiger partial charge < -0.3 is 5.32 Å². The average Bonchev–Trinajstić information content (AvgIpc) is 2.36. The van der Waals surface area contributed by atoms with Crippen molar-refractivity contribution in [1.29, 1.82) is 0 Å². The highest BCUT2D eigenvalue weighted by Crippen LogP contribution is 2.30. The smallest absolute Gasteiger partial charge is 0.0587 e. The van der Waals surface area contributed by atoms with E-state index in [1.807, 2.05) is 7.05 Å². The predicted octanol–water partition coefficient (Wildman–Crippen LogP) is 4.98. The van der Waals surface area contributed by atoms with E-state index < -0.39 is 0 Å². The summed E-state index contributed by atoms with van der Waals surface area (Å²) in [4.78, 5) is 0. The Kier molecular flexibility index (Phi) is 5.03. The van der Waals surface area contributed by atoms with Crippen LogP contribution in [-0.4, -0.2) is 7.05 Å². The molecule has 0 bridgehead atoms. The summed E-state index contributed by atoms with van der Waals surface area (Å²) in [5, 5.41) is 3.44. The third kappa shape index (κ3) is 3.38. The first-order valence-electron chi connectivity index (χ1n) is 6.22. The van der Waals surface area contributed by atoms with Crippen LogP contribution in [0, 0.1) is 17.4 Å². The molecule has 0 fully saturated rings. The van der Waals surface area contributed by atoms with Crippen molar-refractivity contribution in [3.63, 3.8) is 0 Å². The summed E-state index contributed by atoms with van der Waals surface area (Å²) in [7, 11) is 2.01. The van der Waals surface area contributed by atoms with Gasteiger partial charge in [-0.05, 0) is 78.4 Å². The second kappa shape index (κ2) is 6.37. The Balaban J connectivity index is 2.52. The van der Waals surface area contributed by atoms with E-state index in [2.05, 4.69) is 94.1 Å². The second-order valence-electron chi connectivity index (χ2n) is 4.75. The Bertz CT molecular complexity index is 595. The summed E-state index contributed by atoms with van der Waals surface area (Å²) in [5.74, 6) is 0. The quantitative estimate of drug-likeness (QED) is 0.678. The molecule has 0 radical (unpaired) electrons. The normalized spacial score (nSPS) is 12.5. The molecule has 1 unspecified atom stereocenters. The van der Waals surface area contributed by atoms with Crippen LogP contribution in [0.3, 0.4) is 0 Å². The number of halogens is 2. The first-order valence-corrected chi connectivity index (χ1v) is 8.09. The molecule has 0 aliphatic carbocycles. The fraction of sp³-hybridized carbons (Fsp3) is 0.250. The van der Waals surface area contributed by atoms with Crippen LogP contribution in [0.2, 0.25) is 0 Å². The molecule has 0 saturated heterocycles. The number of hydrogen-bond donors (Lipinski definition) is 1. The van der Waals surface area contributed by atoms with E-state index in [-0.39, 0.29) is 6.04 Å². The van der Waals surface area contributed by atoms with Crippen molar-refractivity contribution >= 4 is 38.5 Å². The van der Waals surface area contributed by atoms with Crippen molar-refractivity contribution in [2.24, 2.45) is 0 Å². The van der Waals surface area contributed by atoms with E-state index in [1.165, 1.54) is 25.8 Å². The molecule has 2 aromatic carbocycles. The summed E-state index contributed by atoms with van der Waals surface area (Å²) in [6.07, 6.45) is 0. The Morgan fingerprint density at radius 3 is 2.42 bits per heavy atom. The molecule has 1 nitrogen and oxygen atoms in total. The highest BCUT2D eigenvalue weighted by atomic mass is 127. The van der Waals surface area contributed by atoms with Crippen LogP contribution in [-0.2, 0) is 0 Å². The topological polar surface area (TPSA) is 12.0 Å². The van der Waals surface area contributed by atoms with E-state index in [0.29, 0.717) is 0 Å². The van der Waals surface area contributed by atoms with E-state index in [0.717, 1.165) is 4.47 Å². The van der Waals surface area contributed by atoms with Gasteiger partial charge in [0.1, 0.15) is 0 Å². The average molecular weight is 430 g/mol. The first kappa shape index (κ1) is 15.0.